The quantitative estimate of drug-likeness (QED) is 0.713. The standard InChI is InChI=1S/C19H16FN3O2/c20-14-3-6-18(13(9-14)11-21)24-15-4-5-16-17(22-25-19(16)10-15)12-23-7-1-2-8-23/h3-6,9-10H,1-2,7-8,12H2. The van der Waals surface area contributed by atoms with Crippen molar-refractivity contribution in [2.45, 2.75) is 19.4 Å². The molecule has 0 atom stereocenters. The Morgan fingerprint density at radius 3 is 2.84 bits per heavy atom. The topological polar surface area (TPSA) is 62.3 Å². The molecule has 0 amide bonds. The molecule has 1 aromatic heterocycles. The van der Waals surface area contributed by atoms with Crippen LogP contribution >= 0.6 is 0 Å². The van der Waals surface area contributed by atoms with Gasteiger partial charge in [-0.2, -0.15) is 5.26 Å². The zero-order valence-corrected chi connectivity index (χ0v) is 13.5. The lowest BCUT2D eigenvalue weighted by Crippen LogP contribution is -2.18. The van der Waals surface area contributed by atoms with E-state index in [1.54, 1.807) is 12.1 Å². The van der Waals surface area contributed by atoms with E-state index < -0.39 is 5.82 Å². The van der Waals surface area contributed by atoms with Crippen LogP contribution in [-0.2, 0) is 6.54 Å². The maximum atomic E-state index is 13.2. The van der Waals surface area contributed by atoms with E-state index in [1.165, 1.54) is 25.0 Å². The van der Waals surface area contributed by atoms with E-state index in [4.69, 9.17) is 14.5 Å². The smallest absolute Gasteiger partial charge is 0.170 e. The van der Waals surface area contributed by atoms with Gasteiger partial charge in [-0.15, -0.1) is 0 Å². The van der Waals surface area contributed by atoms with Crippen molar-refractivity contribution < 1.29 is 13.7 Å². The Hall–Kier alpha value is -2.91. The molecule has 1 fully saturated rings. The van der Waals surface area contributed by atoms with Crippen LogP contribution in [0, 0.1) is 17.1 Å². The molecule has 0 bridgehead atoms. The van der Waals surface area contributed by atoms with Gasteiger partial charge in [0.1, 0.15) is 29.1 Å². The van der Waals surface area contributed by atoms with Crippen LogP contribution in [0.3, 0.4) is 0 Å². The van der Waals surface area contributed by atoms with Crippen molar-refractivity contribution in [2.24, 2.45) is 0 Å². The van der Waals surface area contributed by atoms with Crippen LogP contribution in [0.1, 0.15) is 24.1 Å². The molecule has 0 aliphatic carbocycles. The van der Waals surface area contributed by atoms with Crippen molar-refractivity contribution in [2.75, 3.05) is 13.1 Å². The lowest BCUT2D eigenvalue weighted by molar-refractivity contribution is 0.317. The summed E-state index contributed by atoms with van der Waals surface area (Å²) in [5.74, 6) is 0.348. The first kappa shape index (κ1) is 15.6. The summed E-state index contributed by atoms with van der Waals surface area (Å²) in [6, 6.07) is 11.2. The lowest BCUT2D eigenvalue weighted by atomic mass is 10.2. The van der Waals surface area contributed by atoms with E-state index in [-0.39, 0.29) is 5.56 Å². The molecule has 4 rings (SSSR count). The maximum Gasteiger partial charge on any atom is 0.170 e. The Morgan fingerprint density at radius 2 is 2.04 bits per heavy atom. The molecule has 1 saturated heterocycles. The molecule has 5 nitrogen and oxygen atoms in total. The van der Waals surface area contributed by atoms with Crippen molar-refractivity contribution in [3.8, 4) is 17.6 Å². The zero-order chi connectivity index (χ0) is 17.2. The first-order chi connectivity index (χ1) is 12.2. The van der Waals surface area contributed by atoms with Crippen LogP contribution in [-0.4, -0.2) is 23.1 Å². The van der Waals surface area contributed by atoms with Gasteiger partial charge in [-0.3, -0.25) is 4.90 Å². The highest BCUT2D eigenvalue weighted by atomic mass is 19.1. The fourth-order valence-electron chi connectivity index (χ4n) is 3.11. The Labute approximate surface area is 144 Å². The third-order valence-corrected chi connectivity index (χ3v) is 4.38. The highest BCUT2D eigenvalue weighted by molar-refractivity contribution is 5.80. The van der Waals surface area contributed by atoms with Gasteiger partial charge in [-0.25, -0.2) is 4.39 Å². The van der Waals surface area contributed by atoms with Crippen LogP contribution in [0.4, 0.5) is 4.39 Å². The van der Waals surface area contributed by atoms with E-state index in [2.05, 4.69) is 10.1 Å². The summed E-state index contributed by atoms with van der Waals surface area (Å²) in [4.78, 5) is 2.36. The number of nitriles is 1. The van der Waals surface area contributed by atoms with E-state index in [0.29, 0.717) is 17.1 Å². The molecule has 25 heavy (non-hydrogen) atoms. The molecule has 2 heterocycles. The molecule has 6 heteroatoms. The normalized spacial score (nSPS) is 14.7. The predicted molar refractivity (Wildman–Crippen MR) is 89.7 cm³/mol. The molecule has 0 N–H and O–H groups in total. The summed E-state index contributed by atoms with van der Waals surface area (Å²) in [7, 11) is 0. The van der Waals surface area contributed by atoms with Gasteiger partial charge in [0.2, 0.25) is 0 Å². The lowest BCUT2D eigenvalue weighted by Gasteiger charge is -2.12. The first-order valence-electron chi connectivity index (χ1n) is 8.21. The average Bonchev–Trinajstić information content (AvgIpc) is 3.27. The molecule has 126 valence electrons. The second kappa shape index (κ2) is 6.54. The summed E-state index contributed by atoms with van der Waals surface area (Å²) in [6.45, 7) is 2.97. The summed E-state index contributed by atoms with van der Waals surface area (Å²) in [6.07, 6.45) is 2.46. The minimum Gasteiger partial charge on any atom is -0.456 e. The number of nitrogens with zero attached hydrogens (tertiary/aromatic N) is 3. The molecule has 0 saturated carbocycles. The van der Waals surface area contributed by atoms with E-state index in [0.717, 1.165) is 36.8 Å². The van der Waals surface area contributed by atoms with Crippen molar-refractivity contribution in [3.63, 3.8) is 0 Å². The average molecular weight is 337 g/mol. The maximum absolute atomic E-state index is 13.2. The fraction of sp³-hybridized carbons (Fsp3) is 0.263. The predicted octanol–water partition coefficient (Wildman–Crippen LogP) is 4.23. The number of fused-ring (bicyclic) bond motifs is 1. The Kier molecular flexibility index (Phi) is 4.08. The van der Waals surface area contributed by atoms with E-state index in [1.807, 2.05) is 12.1 Å². The molecule has 0 unspecified atom stereocenters. The fourth-order valence-corrected chi connectivity index (χ4v) is 3.11. The van der Waals surface area contributed by atoms with Crippen molar-refractivity contribution in [1.29, 1.82) is 5.26 Å². The van der Waals surface area contributed by atoms with Crippen molar-refractivity contribution >= 4 is 11.0 Å². The number of ether oxygens (including phenoxy) is 1. The Morgan fingerprint density at radius 1 is 1.20 bits per heavy atom. The van der Waals surface area contributed by atoms with Crippen molar-refractivity contribution in [3.05, 3.63) is 53.5 Å². The second-order valence-corrected chi connectivity index (χ2v) is 6.12. The third kappa shape index (κ3) is 3.19. The molecule has 1 aliphatic heterocycles. The minimum atomic E-state index is -0.471. The molecule has 1 aliphatic rings. The van der Waals surface area contributed by atoms with E-state index >= 15 is 0 Å². The van der Waals surface area contributed by atoms with Gasteiger partial charge in [-0.05, 0) is 56.3 Å². The van der Waals surface area contributed by atoms with Crippen LogP contribution < -0.4 is 4.74 Å². The minimum absolute atomic E-state index is 0.146. The van der Waals surface area contributed by atoms with Gasteiger partial charge in [0.15, 0.2) is 5.58 Å². The SMILES string of the molecule is N#Cc1cc(F)ccc1Oc1ccc2c(CN3CCCC3)noc2c1. The highest BCUT2D eigenvalue weighted by Gasteiger charge is 2.17. The molecule has 0 radical (unpaired) electrons. The Balaban J connectivity index is 1.59. The number of halogens is 1. The summed E-state index contributed by atoms with van der Waals surface area (Å²) in [5, 5.41) is 14.2. The van der Waals surface area contributed by atoms with E-state index in [9.17, 15) is 4.39 Å². The molecular weight excluding hydrogens is 321 g/mol. The molecule has 0 spiro atoms. The molecular formula is C19H16FN3O2. The summed E-state index contributed by atoms with van der Waals surface area (Å²) < 4.78 is 24.4. The van der Waals surface area contributed by atoms with Crippen LogP contribution in [0.15, 0.2) is 40.9 Å². The monoisotopic (exact) mass is 337 g/mol. The third-order valence-electron chi connectivity index (χ3n) is 4.38. The van der Waals surface area contributed by atoms with Crippen LogP contribution in [0.5, 0.6) is 11.5 Å². The number of aromatic nitrogens is 1. The van der Waals surface area contributed by atoms with Gasteiger partial charge in [0.05, 0.1) is 5.56 Å². The molecule has 3 aromatic rings. The Bertz CT molecular complexity index is 955. The van der Waals surface area contributed by atoms with Crippen LogP contribution in [0.2, 0.25) is 0 Å². The molecule has 2 aromatic carbocycles. The highest BCUT2D eigenvalue weighted by Crippen LogP contribution is 2.30. The summed E-state index contributed by atoms with van der Waals surface area (Å²) in [5.41, 5.74) is 1.70. The zero-order valence-electron chi connectivity index (χ0n) is 13.5. The van der Waals surface area contributed by atoms with Gasteiger partial charge in [-0.1, -0.05) is 5.16 Å². The van der Waals surface area contributed by atoms with Gasteiger partial charge >= 0.3 is 0 Å². The largest absolute Gasteiger partial charge is 0.456 e. The first-order valence-corrected chi connectivity index (χ1v) is 8.21. The number of rotatable bonds is 4. The number of hydrogen-bond acceptors (Lipinski definition) is 5. The number of likely N-dealkylation sites (tertiary alicyclic amines) is 1. The van der Waals surface area contributed by atoms with Crippen molar-refractivity contribution in [1.82, 2.24) is 10.1 Å². The van der Waals surface area contributed by atoms with Gasteiger partial charge in [0.25, 0.3) is 0 Å². The summed E-state index contributed by atoms with van der Waals surface area (Å²) >= 11 is 0. The number of benzene rings is 2. The van der Waals surface area contributed by atoms with Gasteiger partial charge in [0, 0.05) is 18.0 Å². The number of hydrogen-bond donors (Lipinski definition) is 0. The second-order valence-electron chi connectivity index (χ2n) is 6.12. The van der Waals surface area contributed by atoms with Crippen LogP contribution in [0.25, 0.3) is 11.0 Å². The van der Waals surface area contributed by atoms with Gasteiger partial charge < -0.3 is 9.26 Å².